The number of halogens is 3. The highest BCUT2D eigenvalue weighted by atomic mass is 32.1. The van der Waals surface area contributed by atoms with Crippen LogP contribution in [0, 0.1) is 0 Å². The molecule has 0 bridgehead atoms. The summed E-state index contributed by atoms with van der Waals surface area (Å²) in [5.41, 5.74) is 1.98. The number of aromatic nitrogens is 5. The zero-order chi connectivity index (χ0) is 16.9. The second-order valence-electron chi connectivity index (χ2n) is 4.75. The maximum absolute atomic E-state index is 12.7. The van der Waals surface area contributed by atoms with Crippen molar-refractivity contribution in [2.24, 2.45) is 0 Å². The number of thiazole rings is 1. The molecule has 0 unspecified atom stereocenters. The van der Waals surface area contributed by atoms with Crippen molar-refractivity contribution in [2.45, 2.75) is 6.18 Å². The summed E-state index contributed by atoms with van der Waals surface area (Å²) in [6, 6.07) is 4.52. The Bertz CT molecular complexity index is 1070. The average Bonchev–Trinajstić information content (AvgIpc) is 3.22. The van der Waals surface area contributed by atoms with Crippen molar-refractivity contribution in [3.63, 3.8) is 0 Å². The van der Waals surface area contributed by atoms with Gasteiger partial charge in [-0.1, -0.05) is 5.16 Å². The summed E-state index contributed by atoms with van der Waals surface area (Å²) in [7, 11) is 0. The third kappa shape index (κ3) is 2.29. The van der Waals surface area contributed by atoms with Gasteiger partial charge in [0, 0.05) is 0 Å². The van der Waals surface area contributed by atoms with Gasteiger partial charge in [0.15, 0.2) is 11.3 Å². The molecule has 0 fully saturated rings. The molecule has 0 amide bonds. The van der Waals surface area contributed by atoms with E-state index in [-0.39, 0.29) is 5.82 Å². The Morgan fingerprint density at radius 3 is 2.58 bits per heavy atom. The van der Waals surface area contributed by atoms with Crippen molar-refractivity contribution < 1.29 is 17.7 Å². The van der Waals surface area contributed by atoms with E-state index in [9.17, 15) is 18.0 Å². The second-order valence-corrected chi connectivity index (χ2v) is 5.61. The number of nitrogens with zero attached hydrogens (tertiary/aromatic N) is 4. The van der Waals surface area contributed by atoms with Gasteiger partial charge >= 0.3 is 11.9 Å². The maximum Gasteiger partial charge on any atom is 0.439 e. The lowest BCUT2D eigenvalue weighted by Gasteiger charge is -2.07. The van der Waals surface area contributed by atoms with E-state index in [0.717, 1.165) is 12.1 Å². The number of aromatic amines is 1. The average molecular weight is 353 g/mol. The fraction of sp³-hybridized carbons (Fsp3) is 0.0769. The van der Waals surface area contributed by atoms with Gasteiger partial charge < -0.3 is 0 Å². The van der Waals surface area contributed by atoms with E-state index in [2.05, 4.69) is 24.7 Å². The van der Waals surface area contributed by atoms with Crippen LogP contribution in [-0.2, 0) is 6.18 Å². The SMILES string of the molecule is O=c1[nH]c(-c2nn(-c3ccc(C(F)(F)F)cc3)c3ncsc23)no1. The van der Waals surface area contributed by atoms with Crippen LogP contribution in [0.2, 0.25) is 0 Å². The number of rotatable bonds is 2. The topological polar surface area (TPSA) is 89.6 Å². The number of benzene rings is 1. The molecule has 0 saturated heterocycles. The van der Waals surface area contributed by atoms with Gasteiger partial charge in [-0.05, 0) is 24.3 Å². The smallest absolute Gasteiger partial charge is 0.296 e. The predicted molar refractivity (Wildman–Crippen MR) is 77.9 cm³/mol. The summed E-state index contributed by atoms with van der Waals surface area (Å²) < 4.78 is 44.5. The van der Waals surface area contributed by atoms with Gasteiger partial charge in [-0.25, -0.2) is 14.5 Å². The Hall–Kier alpha value is -2.95. The Morgan fingerprint density at radius 2 is 1.96 bits per heavy atom. The van der Waals surface area contributed by atoms with Crippen molar-refractivity contribution in [3.05, 3.63) is 45.9 Å². The van der Waals surface area contributed by atoms with Crippen molar-refractivity contribution in [1.29, 1.82) is 0 Å². The molecule has 122 valence electrons. The summed E-state index contributed by atoms with van der Waals surface area (Å²) in [5, 5.41) is 7.87. The normalized spacial score (nSPS) is 12.1. The minimum atomic E-state index is -4.41. The molecule has 0 saturated carbocycles. The summed E-state index contributed by atoms with van der Waals surface area (Å²) in [6.45, 7) is 0. The molecule has 0 spiro atoms. The van der Waals surface area contributed by atoms with E-state index >= 15 is 0 Å². The molecular weight excluding hydrogens is 347 g/mol. The molecule has 1 N–H and O–H groups in total. The van der Waals surface area contributed by atoms with Crippen molar-refractivity contribution in [2.75, 3.05) is 0 Å². The van der Waals surface area contributed by atoms with Crippen LogP contribution in [-0.4, -0.2) is 24.9 Å². The van der Waals surface area contributed by atoms with Crippen LogP contribution in [0.4, 0.5) is 13.2 Å². The van der Waals surface area contributed by atoms with E-state index < -0.39 is 17.5 Å². The van der Waals surface area contributed by atoms with Gasteiger partial charge in [0.1, 0.15) is 4.70 Å². The van der Waals surface area contributed by atoms with Crippen molar-refractivity contribution in [3.8, 4) is 17.2 Å². The van der Waals surface area contributed by atoms with E-state index in [0.29, 0.717) is 21.7 Å². The van der Waals surface area contributed by atoms with Crippen LogP contribution in [0.15, 0.2) is 39.1 Å². The van der Waals surface area contributed by atoms with Gasteiger partial charge in [-0.15, -0.1) is 11.3 Å². The summed E-state index contributed by atoms with van der Waals surface area (Å²) in [5.74, 6) is -0.605. The molecule has 24 heavy (non-hydrogen) atoms. The Balaban J connectivity index is 1.86. The highest BCUT2D eigenvalue weighted by Crippen LogP contribution is 2.32. The van der Waals surface area contributed by atoms with Gasteiger partial charge in [-0.3, -0.25) is 9.51 Å². The standard InChI is InChI=1S/C13H6F3N5O2S/c14-13(15,16)6-1-3-7(4-2-6)21-11-9(24-5-17-11)8(19-21)10-18-12(22)23-20-10/h1-5H,(H,18,20,22). The van der Waals surface area contributed by atoms with E-state index in [1.807, 2.05) is 0 Å². The highest BCUT2D eigenvalue weighted by molar-refractivity contribution is 7.17. The first kappa shape index (κ1) is 14.6. The fourth-order valence-electron chi connectivity index (χ4n) is 2.20. The molecule has 0 aliphatic carbocycles. The van der Waals surface area contributed by atoms with Crippen molar-refractivity contribution >= 4 is 21.7 Å². The van der Waals surface area contributed by atoms with Crippen LogP contribution < -0.4 is 5.76 Å². The molecule has 3 heterocycles. The predicted octanol–water partition coefficient (Wildman–Crippen LogP) is 2.84. The molecular formula is C13H6F3N5O2S. The van der Waals surface area contributed by atoms with Gasteiger partial charge in [0.2, 0.25) is 5.82 Å². The minimum Gasteiger partial charge on any atom is -0.296 e. The third-order valence-corrected chi connectivity index (χ3v) is 4.09. The first-order valence-corrected chi connectivity index (χ1v) is 7.37. The molecule has 7 nitrogen and oxygen atoms in total. The Morgan fingerprint density at radius 1 is 1.21 bits per heavy atom. The van der Waals surface area contributed by atoms with Crippen LogP contribution in [0.5, 0.6) is 0 Å². The minimum absolute atomic E-state index is 0.125. The number of nitrogens with one attached hydrogen (secondary N) is 1. The van der Waals surface area contributed by atoms with E-state index in [1.54, 1.807) is 5.51 Å². The van der Waals surface area contributed by atoms with E-state index in [4.69, 9.17) is 0 Å². The fourth-order valence-corrected chi connectivity index (χ4v) is 2.96. The molecule has 4 rings (SSSR count). The zero-order valence-electron chi connectivity index (χ0n) is 11.5. The molecule has 11 heteroatoms. The zero-order valence-corrected chi connectivity index (χ0v) is 12.4. The molecule has 0 radical (unpaired) electrons. The van der Waals surface area contributed by atoms with Gasteiger partial charge in [0.25, 0.3) is 0 Å². The molecule has 1 aromatic carbocycles. The number of fused-ring (bicyclic) bond motifs is 1. The van der Waals surface area contributed by atoms with Crippen LogP contribution >= 0.6 is 11.3 Å². The van der Waals surface area contributed by atoms with Gasteiger partial charge in [0.05, 0.1) is 16.8 Å². The summed E-state index contributed by atoms with van der Waals surface area (Å²) in [4.78, 5) is 17.7. The van der Waals surface area contributed by atoms with Gasteiger partial charge in [-0.2, -0.15) is 18.3 Å². The number of H-pyrrole nitrogens is 1. The quantitative estimate of drug-likeness (QED) is 0.598. The summed E-state index contributed by atoms with van der Waals surface area (Å²) in [6.07, 6.45) is -4.41. The Kier molecular flexibility index (Phi) is 3.06. The third-order valence-electron chi connectivity index (χ3n) is 3.27. The second kappa shape index (κ2) is 5.03. The monoisotopic (exact) mass is 353 g/mol. The molecule has 4 aromatic rings. The maximum atomic E-state index is 12.7. The first-order valence-electron chi connectivity index (χ1n) is 6.50. The lowest BCUT2D eigenvalue weighted by molar-refractivity contribution is -0.137. The lowest BCUT2D eigenvalue weighted by atomic mass is 10.2. The molecule has 0 aliphatic heterocycles. The van der Waals surface area contributed by atoms with Crippen LogP contribution in [0.3, 0.4) is 0 Å². The van der Waals surface area contributed by atoms with Crippen molar-refractivity contribution in [1.82, 2.24) is 24.9 Å². The van der Waals surface area contributed by atoms with E-state index in [1.165, 1.54) is 28.2 Å². The molecule has 3 aromatic heterocycles. The van der Waals surface area contributed by atoms with Crippen LogP contribution in [0.1, 0.15) is 5.56 Å². The summed E-state index contributed by atoms with van der Waals surface area (Å²) >= 11 is 1.26. The number of hydrogen-bond donors (Lipinski definition) is 1. The number of hydrogen-bond acceptors (Lipinski definition) is 6. The highest BCUT2D eigenvalue weighted by Gasteiger charge is 2.30. The largest absolute Gasteiger partial charge is 0.439 e. The molecule has 0 atom stereocenters. The van der Waals surface area contributed by atoms with Crippen LogP contribution in [0.25, 0.3) is 27.6 Å². The first-order chi connectivity index (χ1) is 11.4. The Labute approximate surface area is 134 Å². The number of alkyl halides is 3. The lowest BCUT2D eigenvalue weighted by Crippen LogP contribution is -2.05. The molecule has 0 aliphatic rings.